The van der Waals surface area contributed by atoms with Gasteiger partial charge in [0.15, 0.2) is 0 Å². The Kier molecular flexibility index (Phi) is 5.81. The van der Waals surface area contributed by atoms with E-state index in [1.165, 1.54) is 4.68 Å². The average Bonchev–Trinajstić information content (AvgIpc) is 2.43. The van der Waals surface area contributed by atoms with Crippen molar-refractivity contribution in [2.24, 2.45) is 11.8 Å². The van der Waals surface area contributed by atoms with Crippen LogP contribution < -0.4 is 10.9 Å². The fourth-order valence-corrected chi connectivity index (χ4v) is 3.21. The zero-order valence-corrected chi connectivity index (χ0v) is 14.3. The molecule has 1 fully saturated rings. The molecule has 2 unspecified atom stereocenters. The molecule has 0 saturated heterocycles. The normalized spacial score (nSPS) is 22.5. The highest BCUT2D eigenvalue weighted by molar-refractivity contribution is 9.10. The van der Waals surface area contributed by atoms with Crippen LogP contribution in [0.25, 0.3) is 0 Å². The summed E-state index contributed by atoms with van der Waals surface area (Å²) in [6.07, 6.45) is 5.47. The second kappa shape index (κ2) is 7.40. The number of halogens is 1. The van der Waals surface area contributed by atoms with Crippen LogP contribution in [-0.2, 0) is 6.54 Å². The molecule has 5 nitrogen and oxygen atoms in total. The van der Waals surface area contributed by atoms with Crippen molar-refractivity contribution < 1.29 is 5.11 Å². The van der Waals surface area contributed by atoms with E-state index < -0.39 is 0 Å². The summed E-state index contributed by atoms with van der Waals surface area (Å²) >= 11 is 3.37. The molecule has 0 spiro atoms. The lowest BCUT2D eigenvalue weighted by atomic mass is 9.87. The molecular formula is C15H24BrN3O2. The van der Waals surface area contributed by atoms with Crippen LogP contribution in [0.4, 0.5) is 5.69 Å². The first-order valence-electron chi connectivity index (χ1n) is 7.65. The summed E-state index contributed by atoms with van der Waals surface area (Å²) in [4.78, 5) is 12.2. The first-order valence-corrected chi connectivity index (χ1v) is 8.44. The molecule has 21 heavy (non-hydrogen) atoms. The van der Waals surface area contributed by atoms with E-state index >= 15 is 0 Å². The van der Waals surface area contributed by atoms with Crippen molar-refractivity contribution >= 4 is 21.6 Å². The number of hydrogen-bond donors (Lipinski definition) is 2. The van der Waals surface area contributed by atoms with Gasteiger partial charge in [0.25, 0.3) is 5.56 Å². The summed E-state index contributed by atoms with van der Waals surface area (Å²) in [6.45, 7) is 5.50. The fourth-order valence-electron chi connectivity index (χ4n) is 2.77. The van der Waals surface area contributed by atoms with Gasteiger partial charge in [-0.3, -0.25) is 4.79 Å². The smallest absolute Gasteiger partial charge is 0.283 e. The van der Waals surface area contributed by atoms with Crippen LogP contribution in [0.3, 0.4) is 0 Å². The quantitative estimate of drug-likeness (QED) is 0.849. The Morgan fingerprint density at radius 2 is 2.29 bits per heavy atom. The Bertz CT molecular complexity index is 530. The largest absolute Gasteiger partial charge is 0.393 e. The van der Waals surface area contributed by atoms with Gasteiger partial charge in [0.2, 0.25) is 0 Å². The number of nitrogens with one attached hydrogen (secondary N) is 1. The maximum absolute atomic E-state index is 12.2. The Hall–Kier alpha value is -0.880. The fraction of sp³-hybridized carbons (Fsp3) is 0.733. The van der Waals surface area contributed by atoms with E-state index in [2.05, 4.69) is 40.2 Å². The Morgan fingerprint density at radius 3 is 2.95 bits per heavy atom. The summed E-state index contributed by atoms with van der Waals surface area (Å²) in [6, 6.07) is 0. The van der Waals surface area contributed by atoms with Crippen molar-refractivity contribution in [2.75, 3.05) is 11.9 Å². The lowest BCUT2D eigenvalue weighted by molar-refractivity contribution is 0.105. The Morgan fingerprint density at radius 1 is 1.52 bits per heavy atom. The van der Waals surface area contributed by atoms with E-state index in [4.69, 9.17) is 0 Å². The van der Waals surface area contributed by atoms with Gasteiger partial charge in [-0.2, -0.15) is 5.10 Å². The molecule has 0 amide bonds. The highest BCUT2D eigenvalue weighted by atomic mass is 79.9. The zero-order valence-electron chi connectivity index (χ0n) is 12.7. The minimum atomic E-state index is -0.175. The molecule has 2 atom stereocenters. The highest BCUT2D eigenvalue weighted by Crippen LogP contribution is 2.25. The third kappa shape index (κ3) is 4.54. The second-order valence-electron chi connectivity index (χ2n) is 6.32. The number of anilines is 1. The third-order valence-corrected chi connectivity index (χ3v) is 4.63. The summed E-state index contributed by atoms with van der Waals surface area (Å²) in [5, 5.41) is 17.2. The summed E-state index contributed by atoms with van der Waals surface area (Å²) < 4.78 is 2.03. The van der Waals surface area contributed by atoms with Gasteiger partial charge in [-0.25, -0.2) is 4.68 Å². The van der Waals surface area contributed by atoms with Crippen LogP contribution in [0, 0.1) is 11.8 Å². The zero-order chi connectivity index (χ0) is 15.4. The van der Waals surface area contributed by atoms with Gasteiger partial charge >= 0.3 is 0 Å². The maximum Gasteiger partial charge on any atom is 0.283 e. The van der Waals surface area contributed by atoms with E-state index in [1.54, 1.807) is 6.20 Å². The van der Waals surface area contributed by atoms with Crippen LogP contribution in [0.1, 0.15) is 39.5 Å². The molecule has 1 saturated carbocycles. The number of nitrogens with zero attached hydrogens (tertiary/aromatic N) is 2. The van der Waals surface area contributed by atoms with E-state index in [0.717, 1.165) is 37.9 Å². The van der Waals surface area contributed by atoms with Gasteiger partial charge in [0.1, 0.15) is 4.47 Å². The summed E-state index contributed by atoms with van der Waals surface area (Å²) in [5.74, 6) is 0.836. The van der Waals surface area contributed by atoms with Crippen LogP contribution in [0.15, 0.2) is 15.5 Å². The van der Waals surface area contributed by atoms with Crippen LogP contribution >= 0.6 is 15.9 Å². The monoisotopic (exact) mass is 357 g/mol. The van der Waals surface area contributed by atoms with Gasteiger partial charge in [-0.15, -0.1) is 0 Å². The van der Waals surface area contributed by atoms with Gasteiger partial charge in [0, 0.05) is 13.1 Å². The molecule has 2 N–H and O–H groups in total. The third-order valence-electron chi connectivity index (χ3n) is 3.86. The van der Waals surface area contributed by atoms with Crippen molar-refractivity contribution in [1.29, 1.82) is 0 Å². The van der Waals surface area contributed by atoms with E-state index in [1.807, 2.05) is 0 Å². The summed E-state index contributed by atoms with van der Waals surface area (Å²) in [7, 11) is 0. The van der Waals surface area contributed by atoms with E-state index in [0.29, 0.717) is 22.9 Å². The Balaban J connectivity index is 2.00. The number of rotatable bonds is 5. The summed E-state index contributed by atoms with van der Waals surface area (Å²) in [5.41, 5.74) is 0.637. The van der Waals surface area contributed by atoms with E-state index in [-0.39, 0.29) is 11.7 Å². The van der Waals surface area contributed by atoms with Gasteiger partial charge in [-0.05, 0) is 47.0 Å². The molecule has 2 rings (SSSR count). The van der Waals surface area contributed by atoms with Crippen molar-refractivity contribution in [2.45, 2.75) is 52.2 Å². The molecule has 0 aromatic carbocycles. The minimum absolute atomic E-state index is 0.0996. The van der Waals surface area contributed by atoms with Crippen molar-refractivity contribution in [3.63, 3.8) is 0 Å². The lowest BCUT2D eigenvalue weighted by Gasteiger charge is -2.26. The average molecular weight is 358 g/mol. The molecule has 1 aliphatic rings. The number of aliphatic hydroxyl groups excluding tert-OH is 1. The molecule has 1 aromatic rings. The molecular weight excluding hydrogens is 334 g/mol. The van der Waals surface area contributed by atoms with Crippen LogP contribution in [0.5, 0.6) is 0 Å². The molecule has 1 heterocycles. The number of hydrogen-bond acceptors (Lipinski definition) is 4. The van der Waals surface area contributed by atoms with Crippen molar-refractivity contribution in [1.82, 2.24) is 9.78 Å². The first-order chi connectivity index (χ1) is 9.97. The van der Waals surface area contributed by atoms with E-state index in [9.17, 15) is 9.90 Å². The predicted octanol–water partition coefficient (Wildman–Crippen LogP) is 2.62. The van der Waals surface area contributed by atoms with Gasteiger partial charge in [0.05, 0.1) is 18.0 Å². The first kappa shape index (κ1) is 16.5. The lowest BCUT2D eigenvalue weighted by Crippen LogP contribution is -2.28. The maximum atomic E-state index is 12.2. The molecule has 0 radical (unpaired) electrons. The van der Waals surface area contributed by atoms with Crippen molar-refractivity contribution in [3.8, 4) is 0 Å². The minimum Gasteiger partial charge on any atom is -0.393 e. The van der Waals surface area contributed by atoms with Crippen molar-refractivity contribution in [3.05, 3.63) is 21.0 Å². The number of aliphatic hydroxyl groups is 1. The molecule has 0 bridgehead atoms. The molecule has 0 aliphatic heterocycles. The molecule has 1 aromatic heterocycles. The SMILES string of the molecule is CC(C)Cn1ncc(NCC2CCCC(O)C2)c(Br)c1=O. The Labute approximate surface area is 133 Å². The molecule has 6 heteroatoms. The van der Waals surface area contributed by atoms with Gasteiger partial charge in [-0.1, -0.05) is 20.3 Å². The second-order valence-corrected chi connectivity index (χ2v) is 7.11. The van der Waals surface area contributed by atoms with Crippen LogP contribution in [0.2, 0.25) is 0 Å². The topological polar surface area (TPSA) is 67.2 Å². The van der Waals surface area contributed by atoms with Crippen LogP contribution in [-0.4, -0.2) is 27.5 Å². The highest BCUT2D eigenvalue weighted by Gasteiger charge is 2.20. The number of aromatic nitrogens is 2. The predicted molar refractivity (Wildman–Crippen MR) is 87.5 cm³/mol. The standard InChI is InChI=1S/C15H24BrN3O2/c1-10(2)9-19-15(21)14(16)13(8-18-19)17-7-11-4-3-5-12(20)6-11/h8,10-12,17,20H,3-7,9H2,1-2H3. The molecule has 118 valence electrons. The molecule has 1 aliphatic carbocycles. The van der Waals surface area contributed by atoms with Gasteiger partial charge < -0.3 is 10.4 Å².